The van der Waals surface area contributed by atoms with Crippen LogP contribution in [0.25, 0.3) is 0 Å². The van der Waals surface area contributed by atoms with Gasteiger partial charge in [-0.3, -0.25) is 4.90 Å². The van der Waals surface area contributed by atoms with Gasteiger partial charge in [-0.2, -0.15) is 0 Å². The maximum Gasteiger partial charge on any atom is 0.414 e. The molecule has 0 aliphatic carbocycles. The van der Waals surface area contributed by atoms with Crippen LogP contribution in [0.1, 0.15) is 34.1 Å². The number of hydrogen-bond donors (Lipinski definition) is 1. The van der Waals surface area contributed by atoms with Crippen LogP contribution in [0, 0.1) is 0 Å². The van der Waals surface area contributed by atoms with Crippen molar-refractivity contribution in [3.05, 3.63) is 24.3 Å². The van der Waals surface area contributed by atoms with E-state index in [9.17, 15) is 4.79 Å². The smallest absolute Gasteiger partial charge is 0.414 e. The fraction of sp³-hybridized carbons (Fsp3) is 0.500. The van der Waals surface area contributed by atoms with E-state index in [1.54, 1.807) is 11.0 Å². The number of carbonyl (C=O) groups is 1. The number of amides is 1. The van der Waals surface area contributed by atoms with Crippen LogP contribution in [0.15, 0.2) is 24.3 Å². The van der Waals surface area contributed by atoms with E-state index in [-0.39, 0.29) is 6.09 Å². The number of para-hydroxylation sites is 2. The van der Waals surface area contributed by atoms with Crippen molar-refractivity contribution in [3.8, 4) is 0 Å². The zero-order chi connectivity index (χ0) is 13.8. The highest BCUT2D eigenvalue weighted by Crippen LogP contribution is 2.24. The third kappa shape index (κ3) is 3.95. The average molecular weight is 250 g/mol. The van der Waals surface area contributed by atoms with Crippen molar-refractivity contribution in [3.63, 3.8) is 0 Å². The molecule has 1 aromatic rings. The lowest BCUT2D eigenvalue weighted by atomic mass is 10.2. The lowest BCUT2D eigenvalue weighted by Gasteiger charge is -2.27. The van der Waals surface area contributed by atoms with Gasteiger partial charge in [0.1, 0.15) is 5.60 Å². The van der Waals surface area contributed by atoms with E-state index in [1.165, 1.54) is 0 Å². The summed E-state index contributed by atoms with van der Waals surface area (Å²) in [5.74, 6) is 0. The van der Waals surface area contributed by atoms with Gasteiger partial charge in [0.05, 0.1) is 11.4 Å². The van der Waals surface area contributed by atoms with Crippen molar-refractivity contribution in [2.24, 2.45) is 0 Å². The lowest BCUT2D eigenvalue weighted by molar-refractivity contribution is 0.0580. The molecule has 2 N–H and O–H groups in total. The number of nitrogen functional groups attached to an aromatic ring is 1. The summed E-state index contributed by atoms with van der Waals surface area (Å²) in [6.45, 7) is 8.15. The Morgan fingerprint density at radius 2 is 1.94 bits per heavy atom. The zero-order valence-corrected chi connectivity index (χ0v) is 11.6. The van der Waals surface area contributed by atoms with E-state index in [0.717, 1.165) is 6.42 Å². The Labute approximate surface area is 109 Å². The number of nitrogens with zero attached hydrogens (tertiary/aromatic N) is 1. The summed E-state index contributed by atoms with van der Waals surface area (Å²) in [5.41, 5.74) is 6.68. The van der Waals surface area contributed by atoms with Crippen LogP contribution in [-0.4, -0.2) is 18.2 Å². The minimum Gasteiger partial charge on any atom is -0.443 e. The van der Waals surface area contributed by atoms with Gasteiger partial charge >= 0.3 is 6.09 Å². The monoisotopic (exact) mass is 250 g/mol. The van der Waals surface area contributed by atoms with Gasteiger partial charge in [0, 0.05) is 6.54 Å². The predicted octanol–water partition coefficient (Wildman–Crippen LogP) is 3.42. The minimum absolute atomic E-state index is 0.359. The van der Waals surface area contributed by atoms with E-state index in [1.807, 2.05) is 45.9 Å². The van der Waals surface area contributed by atoms with E-state index in [2.05, 4.69) is 0 Å². The van der Waals surface area contributed by atoms with Crippen molar-refractivity contribution >= 4 is 17.5 Å². The van der Waals surface area contributed by atoms with Crippen molar-refractivity contribution in [2.75, 3.05) is 17.2 Å². The Bertz CT molecular complexity index is 411. The molecule has 1 rings (SSSR count). The number of carbonyl (C=O) groups excluding carboxylic acids is 1. The van der Waals surface area contributed by atoms with Crippen LogP contribution >= 0.6 is 0 Å². The highest BCUT2D eigenvalue weighted by atomic mass is 16.6. The summed E-state index contributed by atoms with van der Waals surface area (Å²) in [7, 11) is 0. The van der Waals surface area contributed by atoms with Crippen LogP contribution < -0.4 is 10.6 Å². The van der Waals surface area contributed by atoms with Crippen molar-refractivity contribution in [1.29, 1.82) is 0 Å². The second-order valence-electron chi connectivity index (χ2n) is 5.19. The molecule has 0 fully saturated rings. The number of hydrogen-bond acceptors (Lipinski definition) is 3. The number of benzene rings is 1. The molecule has 0 atom stereocenters. The quantitative estimate of drug-likeness (QED) is 0.836. The molecule has 0 bridgehead atoms. The van der Waals surface area contributed by atoms with Gasteiger partial charge in [0.25, 0.3) is 0 Å². The van der Waals surface area contributed by atoms with E-state index >= 15 is 0 Å². The first-order chi connectivity index (χ1) is 8.35. The van der Waals surface area contributed by atoms with Gasteiger partial charge < -0.3 is 10.5 Å². The number of ether oxygens (including phenoxy) is 1. The summed E-state index contributed by atoms with van der Waals surface area (Å²) in [5, 5.41) is 0. The SMILES string of the molecule is CCCN(C(=O)OC(C)(C)C)c1ccccc1N. The molecule has 0 aromatic heterocycles. The summed E-state index contributed by atoms with van der Waals surface area (Å²) in [4.78, 5) is 13.7. The third-order valence-electron chi connectivity index (χ3n) is 2.29. The lowest BCUT2D eigenvalue weighted by Crippen LogP contribution is -2.37. The van der Waals surface area contributed by atoms with Gasteiger partial charge in [0.2, 0.25) is 0 Å². The molecule has 4 nitrogen and oxygen atoms in total. The molecule has 1 aromatic carbocycles. The van der Waals surface area contributed by atoms with Crippen LogP contribution in [0.4, 0.5) is 16.2 Å². The Balaban J connectivity index is 2.96. The molecular formula is C14H22N2O2. The largest absolute Gasteiger partial charge is 0.443 e. The maximum atomic E-state index is 12.1. The molecule has 0 radical (unpaired) electrons. The zero-order valence-electron chi connectivity index (χ0n) is 11.6. The van der Waals surface area contributed by atoms with Gasteiger partial charge in [-0.05, 0) is 39.3 Å². The molecule has 18 heavy (non-hydrogen) atoms. The second kappa shape index (κ2) is 5.76. The first-order valence-corrected chi connectivity index (χ1v) is 6.20. The topological polar surface area (TPSA) is 55.6 Å². The maximum absolute atomic E-state index is 12.1. The Morgan fingerprint density at radius 3 is 2.44 bits per heavy atom. The highest BCUT2D eigenvalue weighted by molar-refractivity contribution is 5.91. The molecule has 0 aliphatic rings. The molecule has 1 amide bonds. The second-order valence-corrected chi connectivity index (χ2v) is 5.19. The molecule has 0 heterocycles. The summed E-state index contributed by atoms with van der Waals surface area (Å²) < 4.78 is 5.39. The van der Waals surface area contributed by atoms with E-state index in [0.29, 0.717) is 17.9 Å². The van der Waals surface area contributed by atoms with Gasteiger partial charge in [-0.15, -0.1) is 0 Å². The molecule has 4 heteroatoms. The van der Waals surface area contributed by atoms with Gasteiger partial charge in [-0.1, -0.05) is 19.1 Å². The Morgan fingerprint density at radius 1 is 1.33 bits per heavy atom. The van der Waals surface area contributed by atoms with Crippen LogP contribution in [0.5, 0.6) is 0 Å². The molecular weight excluding hydrogens is 228 g/mol. The number of anilines is 2. The Kier molecular flexibility index (Phi) is 4.59. The Hall–Kier alpha value is -1.71. The van der Waals surface area contributed by atoms with Gasteiger partial charge in [-0.25, -0.2) is 4.79 Å². The van der Waals surface area contributed by atoms with Crippen LogP contribution in [0.3, 0.4) is 0 Å². The molecule has 0 saturated carbocycles. The standard InChI is InChI=1S/C14H22N2O2/c1-5-10-16(13(17)18-14(2,3)4)12-9-7-6-8-11(12)15/h6-9H,5,10,15H2,1-4H3. The molecule has 0 spiro atoms. The molecule has 0 saturated heterocycles. The fourth-order valence-corrected chi connectivity index (χ4v) is 1.58. The van der Waals surface area contributed by atoms with Crippen LogP contribution in [0.2, 0.25) is 0 Å². The van der Waals surface area contributed by atoms with Crippen molar-refractivity contribution in [2.45, 2.75) is 39.7 Å². The molecule has 0 aliphatic heterocycles. The van der Waals surface area contributed by atoms with Crippen molar-refractivity contribution < 1.29 is 9.53 Å². The first kappa shape index (κ1) is 14.4. The summed E-state index contributed by atoms with van der Waals surface area (Å²) in [6.07, 6.45) is 0.482. The average Bonchev–Trinajstić information content (AvgIpc) is 2.24. The number of nitrogens with two attached hydrogens (primary N) is 1. The highest BCUT2D eigenvalue weighted by Gasteiger charge is 2.23. The van der Waals surface area contributed by atoms with E-state index in [4.69, 9.17) is 10.5 Å². The van der Waals surface area contributed by atoms with Gasteiger partial charge in [0.15, 0.2) is 0 Å². The third-order valence-corrected chi connectivity index (χ3v) is 2.29. The minimum atomic E-state index is -0.507. The first-order valence-electron chi connectivity index (χ1n) is 6.20. The fourth-order valence-electron chi connectivity index (χ4n) is 1.58. The van der Waals surface area contributed by atoms with E-state index < -0.39 is 5.60 Å². The molecule has 100 valence electrons. The summed E-state index contributed by atoms with van der Waals surface area (Å²) >= 11 is 0. The summed E-state index contributed by atoms with van der Waals surface area (Å²) in [6, 6.07) is 7.31. The van der Waals surface area contributed by atoms with Crippen LogP contribution in [-0.2, 0) is 4.74 Å². The number of rotatable bonds is 3. The predicted molar refractivity (Wildman–Crippen MR) is 74.7 cm³/mol. The molecule has 0 unspecified atom stereocenters. The van der Waals surface area contributed by atoms with Crippen molar-refractivity contribution in [1.82, 2.24) is 0 Å². The normalized spacial score (nSPS) is 11.1.